The van der Waals surface area contributed by atoms with E-state index in [9.17, 15) is 16.8 Å². The number of benzene rings is 1. The smallest absolute Gasteiger partial charge is 0.212 e. The molecule has 0 spiro atoms. The summed E-state index contributed by atoms with van der Waals surface area (Å²) in [5.41, 5.74) is 1.76. The van der Waals surface area contributed by atoms with E-state index in [1.807, 2.05) is 0 Å². The van der Waals surface area contributed by atoms with Crippen molar-refractivity contribution in [3.05, 3.63) is 29.3 Å². The maximum atomic E-state index is 12.1. The molecule has 1 aromatic carbocycles. The van der Waals surface area contributed by atoms with Crippen LogP contribution in [0.4, 0.5) is 0 Å². The molecule has 0 unspecified atom stereocenters. The van der Waals surface area contributed by atoms with Gasteiger partial charge in [0, 0.05) is 27.2 Å². The first kappa shape index (κ1) is 15.4. The predicted octanol–water partition coefficient (Wildman–Crippen LogP) is 0.255. The summed E-state index contributed by atoms with van der Waals surface area (Å²) in [4.78, 5) is 0.191. The maximum Gasteiger partial charge on any atom is 0.242 e. The average Bonchev–Trinajstić information content (AvgIpc) is 2.36. The zero-order chi connectivity index (χ0) is 15.1. The average molecular weight is 318 g/mol. The van der Waals surface area contributed by atoms with Crippen molar-refractivity contribution >= 4 is 20.0 Å². The van der Waals surface area contributed by atoms with Gasteiger partial charge in [0.15, 0.2) is 0 Å². The molecule has 20 heavy (non-hydrogen) atoms. The maximum absolute atomic E-state index is 12.1. The molecule has 0 N–H and O–H groups in total. The minimum absolute atomic E-state index is 0.191. The molecule has 1 aromatic rings. The third kappa shape index (κ3) is 2.88. The van der Waals surface area contributed by atoms with Gasteiger partial charge in [0.05, 0.1) is 11.2 Å². The van der Waals surface area contributed by atoms with Crippen LogP contribution in [0.5, 0.6) is 0 Å². The molecular weight excluding hydrogens is 300 g/mol. The molecule has 0 saturated carbocycles. The highest BCUT2D eigenvalue weighted by atomic mass is 32.2. The van der Waals surface area contributed by atoms with Gasteiger partial charge in [0.2, 0.25) is 20.0 Å². The van der Waals surface area contributed by atoms with Crippen LogP contribution in [-0.4, -0.2) is 52.3 Å². The van der Waals surface area contributed by atoms with E-state index in [0.29, 0.717) is 13.0 Å². The number of hydrogen-bond donors (Lipinski definition) is 0. The summed E-state index contributed by atoms with van der Waals surface area (Å²) in [7, 11) is -3.82. The first-order valence-electron chi connectivity index (χ1n) is 6.12. The summed E-state index contributed by atoms with van der Waals surface area (Å²) in [6.07, 6.45) is 1.77. The van der Waals surface area contributed by atoms with Crippen LogP contribution < -0.4 is 0 Å². The second kappa shape index (κ2) is 5.10. The predicted molar refractivity (Wildman–Crippen MR) is 76.3 cm³/mol. The van der Waals surface area contributed by atoms with Crippen LogP contribution in [0, 0.1) is 0 Å². The highest BCUT2D eigenvalue weighted by Crippen LogP contribution is 2.24. The summed E-state index contributed by atoms with van der Waals surface area (Å²) in [5.74, 6) is 0. The van der Waals surface area contributed by atoms with Crippen LogP contribution in [0.1, 0.15) is 11.1 Å². The monoisotopic (exact) mass is 318 g/mol. The van der Waals surface area contributed by atoms with E-state index in [4.69, 9.17) is 0 Å². The van der Waals surface area contributed by atoms with Gasteiger partial charge in [-0.2, -0.15) is 4.31 Å². The number of fused-ring (bicyclic) bond motifs is 1. The molecule has 2 rings (SSSR count). The van der Waals surface area contributed by atoms with Gasteiger partial charge >= 0.3 is 0 Å². The van der Waals surface area contributed by atoms with Crippen LogP contribution in [0.3, 0.4) is 0 Å². The van der Waals surface area contributed by atoms with Crippen molar-refractivity contribution in [2.75, 3.05) is 26.9 Å². The molecule has 1 aliphatic rings. The fourth-order valence-corrected chi connectivity index (χ4v) is 3.91. The van der Waals surface area contributed by atoms with E-state index in [2.05, 4.69) is 0 Å². The molecule has 1 aliphatic heterocycles. The molecule has 6 nitrogen and oxygen atoms in total. The first-order valence-corrected chi connectivity index (χ1v) is 9.40. The zero-order valence-corrected chi connectivity index (χ0v) is 13.3. The van der Waals surface area contributed by atoms with Crippen molar-refractivity contribution < 1.29 is 16.8 Å². The Labute approximate surface area is 120 Å². The van der Waals surface area contributed by atoms with Crippen LogP contribution in [0.15, 0.2) is 23.1 Å². The molecule has 0 atom stereocenters. The van der Waals surface area contributed by atoms with Gasteiger partial charge in [0.1, 0.15) is 0 Å². The number of sulfonamides is 2. The molecule has 0 fully saturated rings. The number of hydrogen-bond acceptors (Lipinski definition) is 4. The summed E-state index contributed by atoms with van der Waals surface area (Å²) in [5, 5.41) is 0. The Morgan fingerprint density at radius 3 is 2.30 bits per heavy atom. The molecule has 0 amide bonds. The molecule has 0 bridgehead atoms. The lowest BCUT2D eigenvalue weighted by atomic mass is 10.0. The van der Waals surface area contributed by atoms with Crippen molar-refractivity contribution in [2.24, 2.45) is 0 Å². The number of nitrogens with zero attached hydrogens (tertiary/aromatic N) is 2. The van der Waals surface area contributed by atoms with Crippen molar-refractivity contribution in [1.29, 1.82) is 0 Å². The summed E-state index contributed by atoms with van der Waals surface area (Å²) < 4.78 is 49.9. The Bertz CT molecular complexity index is 724. The van der Waals surface area contributed by atoms with Crippen LogP contribution >= 0.6 is 0 Å². The Balaban J connectivity index is 2.43. The van der Waals surface area contributed by atoms with Gasteiger partial charge in [-0.25, -0.2) is 21.1 Å². The largest absolute Gasteiger partial charge is 0.242 e. The number of rotatable bonds is 3. The van der Waals surface area contributed by atoms with Gasteiger partial charge < -0.3 is 0 Å². The normalized spacial score (nSPS) is 17.2. The molecule has 0 aromatic heterocycles. The third-order valence-corrected chi connectivity index (χ3v) is 6.46. The molecule has 8 heteroatoms. The van der Waals surface area contributed by atoms with Crippen LogP contribution in [-0.2, 0) is 33.0 Å². The summed E-state index contributed by atoms with van der Waals surface area (Å²) in [6.45, 7) is 0.663. The Hall–Kier alpha value is -0.960. The SMILES string of the molecule is CN(C)S(=O)(=O)c1ccc2c(c1)CN(S(C)(=O)=O)CC2. The Morgan fingerprint density at radius 1 is 1.10 bits per heavy atom. The highest BCUT2D eigenvalue weighted by Gasteiger charge is 2.25. The van der Waals surface area contributed by atoms with Crippen molar-refractivity contribution in [3.63, 3.8) is 0 Å². The highest BCUT2D eigenvalue weighted by molar-refractivity contribution is 7.89. The minimum Gasteiger partial charge on any atom is -0.212 e. The molecule has 0 radical (unpaired) electrons. The minimum atomic E-state index is -3.50. The fourth-order valence-electron chi connectivity index (χ4n) is 2.16. The zero-order valence-electron chi connectivity index (χ0n) is 11.7. The Morgan fingerprint density at radius 2 is 1.75 bits per heavy atom. The van der Waals surface area contributed by atoms with E-state index in [0.717, 1.165) is 15.4 Å². The van der Waals surface area contributed by atoms with E-state index in [1.54, 1.807) is 18.2 Å². The van der Waals surface area contributed by atoms with Crippen LogP contribution in [0.2, 0.25) is 0 Å². The lowest BCUT2D eigenvalue weighted by Gasteiger charge is -2.27. The second-order valence-electron chi connectivity index (χ2n) is 5.06. The van der Waals surface area contributed by atoms with Gasteiger partial charge in [-0.15, -0.1) is 0 Å². The summed E-state index contributed by atoms with van der Waals surface area (Å²) >= 11 is 0. The second-order valence-corrected chi connectivity index (χ2v) is 9.20. The van der Waals surface area contributed by atoms with Crippen molar-refractivity contribution in [2.45, 2.75) is 17.9 Å². The molecule has 112 valence electrons. The van der Waals surface area contributed by atoms with Gasteiger partial charge in [-0.1, -0.05) is 6.07 Å². The fraction of sp³-hybridized carbons (Fsp3) is 0.500. The van der Waals surface area contributed by atoms with E-state index < -0.39 is 20.0 Å². The van der Waals surface area contributed by atoms with Gasteiger partial charge in [0.25, 0.3) is 0 Å². The quantitative estimate of drug-likeness (QED) is 0.801. The van der Waals surface area contributed by atoms with E-state index >= 15 is 0 Å². The van der Waals surface area contributed by atoms with E-state index in [-0.39, 0.29) is 11.4 Å². The molecule has 0 saturated heterocycles. The lowest BCUT2D eigenvalue weighted by molar-refractivity contribution is 0.394. The molecular formula is C12H18N2O4S2. The third-order valence-electron chi connectivity index (χ3n) is 3.40. The first-order chi connectivity index (χ1) is 9.12. The topological polar surface area (TPSA) is 74.8 Å². The van der Waals surface area contributed by atoms with Crippen molar-refractivity contribution in [1.82, 2.24) is 8.61 Å². The molecule has 1 heterocycles. The van der Waals surface area contributed by atoms with Crippen molar-refractivity contribution in [3.8, 4) is 0 Å². The van der Waals surface area contributed by atoms with Gasteiger partial charge in [-0.05, 0) is 29.7 Å². The molecule has 0 aliphatic carbocycles. The Kier molecular flexibility index (Phi) is 3.94. The van der Waals surface area contributed by atoms with Gasteiger partial charge in [-0.3, -0.25) is 0 Å². The van der Waals surface area contributed by atoms with E-state index in [1.165, 1.54) is 24.7 Å². The summed E-state index contributed by atoms with van der Waals surface area (Å²) in [6, 6.07) is 4.91. The standard InChI is InChI=1S/C12H18N2O4S2/c1-13(2)20(17,18)12-5-4-10-6-7-14(19(3,15)16)9-11(10)8-12/h4-5,8H,6-7,9H2,1-3H3. The van der Waals surface area contributed by atoms with Crippen LogP contribution in [0.25, 0.3) is 0 Å². The lowest BCUT2D eigenvalue weighted by Crippen LogP contribution is -2.35.